The fourth-order valence-electron chi connectivity index (χ4n) is 1.58. The normalized spacial score (nSPS) is 12.4. The summed E-state index contributed by atoms with van der Waals surface area (Å²) in [6.45, 7) is 7.11. The molecule has 0 N–H and O–H groups in total. The van der Waals surface area contributed by atoms with Crippen molar-refractivity contribution in [3.8, 4) is 5.75 Å². The average Bonchev–Trinajstić information content (AvgIpc) is 2.39. The summed E-state index contributed by atoms with van der Waals surface area (Å²) in [5, 5.41) is 0. The minimum atomic E-state index is -0.302. The molecule has 1 unspecified atom stereocenters. The van der Waals surface area contributed by atoms with E-state index in [1.807, 2.05) is 39.0 Å². The van der Waals surface area contributed by atoms with Gasteiger partial charge >= 0.3 is 5.97 Å². The molecule has 0 bridgehead atoms. The van der Waals surface area contributed by atoms with Crippen LogP contribution in [-0.4, -0.2) is 11.8 Å². The van der Waals surface area contributed by atoms with Gasteiger partial charge < -0.3 is 4.74 Å². The van der Waals surface area contributed by atoms with Gasteiger partial charge in [0.25, 0.3) is 0 Å². The molecule has 0 saturated carbocycles. The third-order valence-electron chi connectivity index (χ3n) is 2.97. The van der Waals surface area contributed by atoms with Gasteiger partial charge in [0.2, 0.25) is 0 Å². The van der Waals surface area contributed by atoms with Gasteiger partial charge in [0.05, 0.1) is 11.5 Å². The molecule has 0 heterocycles. The molecule has 0 aliphatic heterocycles. The van der Waals surface area contributed by atoms with Gasteiger partial charge in [-0.05, 0) is 38.0 Å². The molecule has 3 nitrogen and oxygen atoms in total. The predicted molar refractivity (Wildman–Crippen MR) is 76.2 cm³/mol. The number of esters is 1. The van der Waals surface area contributed by atoms with Crippen LogP contribution < -0.4 is 4.74 Å². The Morgan fingerprint density at radius 1 is 1.37 bits per heavy atom. The van der Waals surface area contributed by atoms with E-state index in [0.29, 0.717) is 17.7 Å². The lowest BCUT2D eigenvalue weighted by molar-refractivity contribution is -0.138. The van der Waals surface area contributed by atoms with E-state index in [1.54, 1.807) is 12.1 Å². The molecule has 1 atom stereocenters. The summed E-state index contributed by atoms with van der Waals surface area (Å²) in [6.07, 6.45) is 4.50. The minimum Gasteiger partial charge on any atom is -0.426 e. The Kier molecular flexibility index (Phi) is 5.49. The molecule has 0 aromatic heterocycles. The Bertz CT molecular complexity index is 501. The number of ketones is 1. The van der Waals surface area contributed by atoms with Crippen molar-refractivity contribution in [2.45, 2.75) is 34.1 Å². The number of hydrogen-bond acceptors (Lipinski definition) is 3. The fourth-order valence-corrected chi connectivity index (χ4v) is 1.58. The Labute approximate surface area is 114 Å². The van der Waals surface area contributed by atoms with Crippen molar-refractivity contribution in [2.75, 3.05) is 0 Å². The molecule has 102 valence electrons. The Morgan fingerprint density at radius 2 is 2.05 bits per heavy atom. The van der Waals surface area contributed by atoms with Gasteiger partial charge in [-0.15, -0.1) is 0 Å². The van der Waals surface area contributed by atoms with Crippen LogP contribution in [-0.2, 0) is 4.79 Å². The van der Waals surface area contributed by atoms with Crippen LogP contribution >= 0.6 is 0 Å². The summed E-state index contributed by atoms with van der Waals surface area (Å²) in [4.78, 5) is 23.4. The van der Waals surface area contributed by atoms with Crippen LogP contribution in [0.15, 0.2) is 24.3 Å². The van der Waals surface area contributed by atoms with Crippen molar-refractivity contribution in [3.63, 3.8) is 0 Å². The number of carbonyl (C=O) groups is 2. The van der Waals surface area contributed by atoms with Crippen molar-refractivity contribution >= 4 is 17.8 Å². The van der Waals surface area contributed by atoms with Crippen molar-refractivity contribution in [2.24, 2.45) is 5.92 Å². The van der Waals surface area contributed by atoms with E-state index in [0.717, 1.165) is 5.56 Å². The van der Waals surface area contributed by atoms with Crippen LogP contribution in [0.1, 0.15) is 50.0 Å². The van der Waals surface area contributed by atoms with Crippen molar-refractivity contribution in [1.29, 1.82) is 0 Å². The molecule has 0 aliphatic carbocycles. The molecular weight excluding hydrogens is 240 g/mol. The SMILES string of the molecule is C/C=C/c1ccc(OC(=O)C(C)CC)c(C(C)=O)c1. The van der Waals surface area contributed by atoms with Crippen LogP contribution in [0, 0.1) is 5.92 Å². The molecule has 19 heavy (non-hydrogen) atoms. The standard InChI is InChI=1S/C16H20O3/c1-5-7-13-8-9-15(14(10-13)12(4)17)19-16(18)11(3)6-2/h5,7-11H,6H2,1-4H3/b7-5+. The summed E-state index contributed by atoms with van der Waals surface area (Å²) in [5.41, 5.74) is 1.35. The Morgan fingerprint density at radius 3 is 2.58 bits per heavy atom. The second-order valence-corrected chi connectivity index (χ2v) is 4.54. The van der Waals surface area contributed by atoms with Gasteiger partial charge in [-0.3, -0.25) is 9.59 Å². The summed E-state index contributed by atoms with van der Waals surface area (Å²) in [5.74, 6) is -0.247. The zero-order valence-corrected chi connectivity index (χ0v) is 11.9. The average molecular weight is 260 g/mol. The second-order valence-electron chi connectivity index (χ2n) is 4.54. The fraction of sp³-hybridized carbons (Fsp3) is 0.375. The summed E-state index contributed by atoms with van der Waals surface area (Å²) >= 11 is 0. The number of carbonyl (C=O) groups excluding carboxylic acids is 2. The molecule has 0 fully saturated rings. The minimum absolute atomic E-state index is 0.113. The van der Waals surface area contributed by atoms with E-state index in [9.17, 15) is 9.59 Å². The number of hydrogen-bond donors (Lipinski definition) is 0. The molecule has 0 radical (unpaired) electrons. The van der Waals surface area contributed by atoms with Crippen LogP contribution in [0.4, 0.5) is 0 Å². The summed E-state index contributed by atoms with van der Waals surface area (Å²) < 4.78 is 5.31. The molecule has 0 spiro atoms. The lowest BCUT2D eigenvalue weighted by Crippen LogP contribution is -2.18. The van der Waals surface area contributed by atoms with Gasteiger partial charge in [0, 0.05) is 0 Å². The first kappa shape index (κ1) is 15.2. The van der Waals surface area contributed by atoms with Crippen molar-refractivity contribution in [1.82, 2.24) is 0 Å². The van der Waals surface area contributed by atoms with Gasteiger partial charge in [-0.25, -0.2) is 0 Å². The maximum absolute atomic E-state index is 11.8. The van der Waals surface area contributed by atoms with Crippen LogP contribution in [0.25, 0.3) is 6.08 Å². The van der Waals surface area contributed by atoms with Gasteiger partial charge in [-0.1, -0.05) is 32.1 Å². The van der Waals surface area contributed by atoms with E-state index in [2.05, 4.69) is 0 Å². The lowest BCUT2D eigenvalue weighted by atomic mass is 10.1. The number of benzene rings is 1. The van der Waals surface area contributed by atoms with E-state index >= 15 is 0 Å². The molecule has 0 aliphatic rings. The van der Waals surface area contributed by atoms with E-state index < -0.39 is 0 Å². The largest absolute Gasteiger partial charge is 0.426 e. The Hall–Kier alpha value is -1.90. The number of Topliss-reactive ketones (excluding diaryl/α,β-unsaturated/α-hetero) is 1. The highest BCUT2D eigenvalue weighted by atomic mass is 16.5. The molecule has 0 saturated heterocycles. The molecule has 1 aromatic rings. The van der Waals surface area contributed by atoms with Crippen molar-refractivity contribution in [3.05, 3.63) is 35.4 Å². The lowest BCUT2D eigenvalue weighted by Gasteiger charge is -2.12. The number of ether oxygens (including phenoxy) is 1. The molecule has 3 heteroatoms. The third-order valence-corrected chi connectivity index (χ3v) is 2.97. The van der Waals surface area contributed by atoms with Crippen LogP contribution in [0.5, 0.6) is 5.75 Å². The highest BCUT2D eigenvalue weighted by Gasteiger charge is 2.17. The highest BCUT2D eigenvalue weighted by molar-refractivity contribution is 5.98. The smallest absolute Gasteiger partial charge is 0.314 e. The monoisotopic (exact) mass is 260 g/mol. The maximum Gasteiger partial charge on any atom is 0.314 e. The van der Waals surface area contributed by atoms with Gasteiger partial charge in [0.15, 0.2) is 5.78 Å². The first-order valence-electron chi connectivity index (χ1n) is 6.49. The Balaban J connectivity index is 3.07. The zero-order valence-electron chi connectivity index (χ0n) is 11.9. The predicted octanol–water partition coefficient (Wildman–Crippen LogP) is 3.87. The number of allylic oxidation sites excluding steroid dienone is 1. The van der Waals surface area contributed by atoms with E-state index in [4.69, 9.17) is 4.74 Å². The van der Waals surface area contributed by atoms with E-state index in [1.165, 1.54) is 6.92 Å². The first-order valence-corrected chi connectivity index (χ1v) is 6.49. The van der Waals surface area contributed by atoms with Crippen LogP contribution in [0.3, 0.4) is 0 Å². The van der Waals surface area contributed by atoms with Crippen molar-refractivity contribution < 1.29 is 14.3 Å². The van der Waals surface area contributed by atoms with E-state index in [-0.39, 0.29) is 17.7 Å². The quantitative estimate of drug-likeness (QED) is 0.458. The summed E-state index contributed by atoms with van der Waals surface area (Å²) in [6, 6.07) is 5.24. The molecule has 1 rings (SSSR count). The summed E-state index contributed by atoms with van der Waals surface area (Å²) in [7, 11) is 0. The third kappa shape index (κ3) is 4.05. The van der Waals surface area contributed by atoms with Gasteiger partial charge in [-0.2, -0.15) is 0 Å². The zero-order chi connectivity index (χ0) is 14.4. The highest BCUT2D eigenvalue weighted by Crippen LogP contribution is 2.23. The second kappa shape index (κ2) is 6.88. The molecular formula is C16H20O3. The maximum atomic E-state index is 11.8. The topological polar surface area (TPSA) is 43.4 Å². The van der Waals surface area contributed by atoms with Gasteiger partial charge in [0.1, 0.15) is 5.75 Å². The van der Waals surface area contributed by atoms with Crippen LogP contribution in [0.2, 0.25) is 0 Å². The molecule has 1 aromatic carbocycles. The molecule has 0 amide bonds. The first-order chi connectivity index (χ1) is 8.99. The number of rotatable bonds is 5.